The second-order valence-electron chi connectivity index (χ2n) is 4.37. The molecule has 2 rings (SSSR count). The van der Waals surface area contributed by atoms with Crippen LogP contribution in [0.25, 0.3) is 0 Å². The first kappa shape index (κ1) is 14.0. The molecule has 0 unspecified atom stereocenters. The number of carbonyl (C=O) groups is 1. The van der Waals surface area contributed by atoms with Crippen molar-refractivity contribution in [3.63, 3.8) is 0 Å². The van der Waals surface area contributed by atoms with Gasteiger partial charge in [-0.05, 0) is 12.1 Å². The molecule has 1 amide bonds. The van der Waals surface area contributed by atoms with Gasteiger partial charge in [0, 0.05) is 31.0 Å². The van der Waals surface area contributed by atoms with Crippen LogP contribution >= 0.6 is 0 Å². The highest BCUT2D eigenvalue weighted by atomic mass is 19.1. The minimum absolute atomic E-state index is 0.0314. The predicted molar refractivity (Wildman–Crippen MR) is 75.2 cm³/mol. The van der Waals surface area contributed by atoms with E-state index in [1.165, 1.54) is 23.2 Å². The summed E-state index contributed by atoms with van der Waals surface area (Å²) in [5.74, 6) is -0.322. The largest absolute Gasteiger partial charge is 0.403 e. The minimum Gasteiger partial charge on any atom is -0.403 e. The molecule has 1 aliphatic heterocycles. The number of allylic oxidation sites excluding steroid dienone is 2. The highest BCUT2D eigenvalue weighted by molar-refractivity contribution is 6.01. The van der Waals surface area contributed by atoms with Gasteiger partial charge in [0.15, 0.2) is 0 Å². The Bertz CT molecular complexity index is 588. The molecule has 0 atom stereocenters. The van der Waals surface area contributed by atoms with Crippen molar-refractivity contribution < 1.29 is 14.2 Å². The Balaban J connectivity index is 2.34. The first-order valence-corrected chi connectivity index (χ1v) is 6.45. The van der Waals surface area contributed by atoms with Crippen LogP contribution in [0, 0.1) is 5.82 Å². The Morgan fingerprint density at radius 2 is 2.15 bits per heavy atom. The molecular formula is C15H17FN3O+. The molecule has 0 fully saturated rings. The number of halogens is 1. The normalized spacial score (nSPS) is 18.8. The summed E-state index contributed by atoms with van der Waals surface area (Å²) < 4.78 is 12.9. The van der Waals surface area contributed by atoms with E-state index in [1.807, 2.05) is 6.08 Å². The number of hydrogen-bond acceptors (Lipinski definition) is 2. The van der Waals surface area contributed by atoms with Crippen molar-refractivity contribution in [2.24, 2.45) is 5.73 Å². The fourth-order valence-electron chi connectivity index (χ4n) is 2.00. The molecule has 5 heteroatoms. The van der Waals surface area contributed by atoms with Gasteiger partial charge >= 0.3 is 0 Å². The van der Waals surface area contributed by atoms with Gasteiger partial charge < -0.3 is 5.73 Å². The predicted octanol–water partition coefficient (Wildman–Crippen LogP) is 0.935. The Hall–Kier alpha value is -2.43. The molecule has 1 aromatic rings. The zero-order chi connectivity index (χ0) is 14.5. The van der Waals surface area contributed by atoms with Crippen LogP contribution in [-0.4, -0.2) is 16.5 Å². The third-order valence-electron chi connectivity index (χ3n) is 3.01. The van der Waals surface area contributed by atoms with E-state index in [4.69, 9.17) is 5.73 Å². The molecule has 0 radical (unpaired) electrons. The molecule has 104 valence electrons. The number of benzene rings is 1. The van der Waals surface area contributed by atoms with Crippen LogP contribution in [-0.2, 0) is 4.79 Å². The molecule has 3 N–H and O–H groups in total. The minimum atomic E-state index is -0.290. The Morgan fingerprint density at radius 3 is 2.75 bits per heavy atom. The summed E-state index contributed by atoms with van der Waals surface area (Å²) in [6.45, 7) is 1.80. The molecule has 0 aliphatic carbocycles. The summed E-state index contributed by atoms with van der Waals surface area (Å²) in [4.78, 5) is 16.6. The lowest BCUT2D eigenvalue weighted by Crippen LogP contribution is -2.68. The van der Waals surface area contributed by atoms with Crippen LogP contribution in [0.2, 0.25) is 0 Å². The van der Waals surface area contributed by atoms with Crippen LogP contribution in [0.1, 0.15) is 19.8 Å². The van der Waals surface area contributed by atoms with Crippen molar-refractivity contribution in [1.82, 2.24) is 4.90 Å². The SMILES string of the molecule is CCC(=O)N1C=CCC(=[NH+]c2ccc(F)cc2)C1=CN. The van der Waals surface area contributed by atoms with Crippen LogP contribution in [0.4, 0.5) is 10.1 Å². The third-order valence-corrected chi connectivity index (χ3v) is 3.01. The molecular weight excluding hydrogens is 257 g/mol. The third kappa shape index (κ3) is 2.93. The number of hydrogen-bond donors (Lipinski definition) is 2. The lowest BCUT2D eigenvalue weighted by Gasteiger charge is -2.22. The van der Waals surface area contributed by atoms with Gasteiger partial charge in [-0.1, -0.05) is 13.0 Å². The summed E-state index contributed by atoms with van der Waals surface area (Å²) in [7, 11) is 0. The van der Waals surface area contributed by atoms with Gasteiger partial charge in [-0.2, -0.15) is 0 Å². The van der Waals surface area contributed by atoms with Crippen LogP contribution in [0.15, 0.2) is 48.4 Å². The van der Waals surface area contributed by atoms with E-state index < -0.39 is 0 Å². The molecule has 0 aromatic heterocycles. The van der Waals surface area contributed by atoms with Crippen molar-refractivity contribution >= 4 is 17.3 Å². The molecule has 0 saturated carbocycles. The Labute approximate surface area is 117 Å². The quantitative estimate of drug-likeness (QED) is 0.843. The zero-order valence-corrected chi connectivity index (χ0v) is 11.3. The second kappa shape index (κ2) is 6.14. The first-order valence-electron chi connectivity index (χ1n) is 6.45. The lowest BCUT2D eigenvalue weighted by atomic mass is 10.1. The van der Waals surface area contributed by atoms with E-state index in [1.54, 1.807) is 25.3 Å². The maximum absolute atomic E-state index is 12.9. The van der Waals surface area contributed by atoms with E-state index in [9.17, 15) is 9.18 Å². The first-order chi connectivity index (χ1) is 9.65. The van der Waals surface area contributed by atoms with Crippen molar-refractivity contribution in [3.05, 3.63) is 54.3 Å². The fraction of sp³-hybridized carbons (Fsp3) is 0.200. The maximum atomic E-state index is 12.9. The number of amides is 1. The van der Waals surface area contributed by atoms with E-state index in [2.05, 4.69) is 4.99 Å². The molecule has 0 spiro atoms. The smallest absolute Gasteiger partial charge is 0.231 e. The highest BCUT2D eigenvalue weighted by Gasteiger charge is 2.25. The summed E-state index contributed by atoms with van der Waals surface area (Å²) in [5, 5.41) is 0. The Morgan fingerprint density at radius 1 is 1.45 bits per heavy atom. The summed E-state index contributed by atoms with van der Waals surface area (Å²) in [6, 6.07) is 6.03. The number of nitrogens with zero attached hydrogens (tertiary/aromatic N) is 1. The molecule has 1 aromatic carbocycles. The van der Waals surface area contributed by atoms with Crippen LogP contribution in [0.3, 0.4) is 0 Å². The van der Waals surface area contributed by atoms with E-state index in [-0.39, 0.29) is 11.7 Å². The number of carbonyl (C=O) groups excluding carboxylic acids is 1. The fourth-order valence-corrected chi connectivity index (χ4v) is 2.00. The van der Waals surface area contributed by atoms with E-state index in [0.29, 0.717) is 18.5 Å². The molecule has 1 aliphatic rings. The maximum Gasteiger partial charge on any atom is 0.231 e. The monoisotopic (exact) mass is 274 g/mol. The van der Waals surface area contributed by atoms with Crippen molar-refractivity contribution in [2.45, 2.75) is 19.8 Å². The number of rotatable bonds is 2. The standard InChI is InChI=1S/C15H16FN3O/c1-2-15(20)19-9-3-4-13(14(19)10-17)18-12-7-5-11(16)6-8-12/h3,5-10H,2,4,17H2,1H3/p+1. The highest BCUT2D eigenvalue weighted by Crippen LogP contribution is 2.15. The lowest BCUT2D eigenvalue weighted by molar-refractivity contribution is -0.355. The summed E-state index contributed by atoms with van der Waals surface area (Å²) in [5.41, 5.74) is 7.83. The molecule has 4 nitrogen and oxygen atoms in total. The summed E-state index contributed by atoms with van der Waals surface area (Å²) in [6.07, 6.45) is 6.04. The number of nitrogens with two attached hydrogens (primary N) is 1. The average molecular weight is 274 g/mol. The zero-order valence-electron chi connectivity index (χ0n) is 11.3. The van der Waals surface area contributed by atoms with Gasteiger partial charge in [-0.25, -0.2) is 9.38 Å². The molecule has 20 heavy (non-hydrogen) atoms. The van der Waals surface area contributed by atoms with Gasteiger partial charge in [0.25, 0.3) is 0 Å². The van der Waals surface area contributed by atoms with Gasteiger partial charge in [0.05, 0.1) is 6.42 Å². The van der Waals surface area contributed by atoms with Crippen molar-refractivity contribution in [1.29, 1.82) is 0 Å². The van der Waals surface area contributed by atoms with Gasteiger partial charge in [-0.15, -0.1) is 0 Å². The van der Waals surface area contributed by atoms with Crippen LogP contribution < -0.4 is 10.7 Å². The number of nitrogens with one attached hydrogen (secondary N) is 1. The van der Waals surface area contributed by atoms with E-state index in [0.717, 1.165) is 11.4 Å². The average Bonchev–Trinajstić information content (AvgIpc) is 2.48. The molecule has 0 bridgehead atoms. The topological polar surface area (TPSA) is 60.3 Å². The Kier molecular flexibility index (Phi) is 4.30. The second-order valence-corrected chi connectivity index (χ2v) is 4.37. The van der Waals surface area contributed by atoms with Gasteiger partial charge in [0.1, 0.15) is 11.5 Å². The summed E-state index contributed by atoms with van der Waals surface area (Å²) >= 11 is 0. The van der Waals surface area contributed by atoms with Crippen molar-refractivity contribution in [2.75, 3.05) is 0 Å². The van der Waals surface area contributed by atoms with Crippen molar-refractivity contribution in [3.8, 4) is 0 Å². The molecule has 0 saturated heterocycles. The van der Waals surface area contributed by atoms with Gasteiger partial charge in [0.2, 0.25) is 17.3 Å². The van der Waals surface area contributed by atoms with E-state index >= 15 is 0 Å². The van der Waals surface area contributed by atoms with Crippen LogP contribution in [0.5, 0.6) is 0 Å². The van der Waals surface area contributed by atoms with Gasteiger partial charge in [-0.3, -0.25) is 9.69 Å². The molecule has 1 heterocycles.